The van der Waals surface area contributed by atoms with Gasteiger partial charge < -0.3 is 20.5 Å². The van der Waals surface area contributed by atoms with Crippen LogP contribution in [0.3, 0.4) is 0 Å². The highest BCUT2D eigenvalue weighted by molar-refractivity contribution is 5.74. The van der Waals surface area contributed by atoms with Crippen LogP contribution in [-0.4, -0.2) is 45.4 Å². The van der Waals surface area contributed by atoms with E-state index in [1.807, 2.05) is 6.92 Å². The number of hydrogen-bond donors (Lipinski definition) is 2. The van der Waals surface area contributed by atoms with E-state index in [2.05, 4.69) is 5.32 Å². The Bertz CT molecular complexity index is 165. The van der Waals surface area contributed by atoms with Gasteiger partial charge in [0.25, 0.3) is 0 Å². The molecule has 0 aliphatic rings. The molecule has 0 rings (SSSR count). The van der Waals surface area contributed by atoms with Gasteiger partial charge in [-0.25, -0.2) is 0 Å². The summed E-state index contributed by atoms with van der Waals surface area (Å²) in [5, 5.41) is 3.15. The van der Waals surface area contributed by atoms with Crippen molar-refractivity contribution in [3.05, 3.63) is 0 Å². The van der Waals surface area contributed by atoms with Crippen molar-refractivity contribution in [2.24, 2.45) is 5.73 Å². The number of ether oxygens (including phenoxy) is 2. The van der Waals surface area contributed by atoms with Crippen LogP contribution in [0.5, 0.6) is 0 Å². The Morgan fingerprint density at radius 2 is 2.13 bits per heavy atom. The molecule has 0 aliphatic carbocycles. The maximum Gasteiger partial charge on any atom is 0.218 e. The Kier molecular flexibility index (Phi) is 9.46. The standard InChI is InChI=1S/C10H22N2O3/c1-9(8-10(11)13)12-4-7-15-6-3-5-14-2/h9,12H,3-8H2,1-2H3,(H2,11,13). The molecule has 0 fully saturated rings. The Morgan fingerprint density at radius 3 is 2.73 bits per heavy atom. The van der Waals surface area contributed by atoms with Crippen molar-refractivity contribution < 1.29 is 14.3 Å². The maximum absolute atomic E-state index is 10.6. The van der Waals surface area contributed by atoms with Gasteiger partial charge in [0, 0.05) is 39.3 Å². The van der Waals surface area contributed by atoms with E-state index in [0.29, 0.717) is 19.6 Å². The van der Waals surface area contributed by atoms with E-state index in [-0.39, 0.29) is 11.9 Å². The lowest BCUT2D eigenvalue weighted by Gasteiger charge is -2.11. The third-order valence-electron chi connectivity index (χ3n) is 1.88. The fourth-order valence-electron chi connectivity index (χ4n) is 1.16. The predicted octanol–water partition coefficient (Wildman–Crippen LogP) is -0.107. The number of rotatable bonds is 10. The second-order valence-corrected chi connectivity index (χ2v) is 3.48. The van der Waals surface area contributed by atoms with E-state index >= 15 is 0 Å². The van der Waals surface area contributed by atoms with Crippen LogP contribution < -0.4 is 11.1 Å². The lowest BCUT2D eigenvalue weighted by molar-refractivity contribution is -0.118. The van der Waals surface area contributed by atoms with E-state index in [1.165, 1.54) is 0 Å². The Balaban J connectivity index is 3.13. The van der Waals surface area contributed by atoms with Gasteiger partial charge in [-0.15, -0.1) is 0 Å². The number of methoxy groups -OCH3 is 1. The van der Waals surface area contributed by atoms with Gasteiger partial charge >= 0.3 is 0 Å². The maximum atomic E-state index is 10.6. The van der Waals surface area contributed by atoms with Gasteiger partial charge in [-0.2, -0.15) is 0 Å². The highest BCUT2D eigenvalue weighted by Gasteiger charge is 2.03. The lowest BCUT2D eigenvalue weighted by Crippen LogP contribution is -2.33. The molecule has 1 amide bonds. The minimum Gasteiger partial charge on any atom is -0.385 e. The van der Waals surface area contributed by atoms with Crippen molar-refractivity contribution in [2.45, 2.75) is 25.8 Å². The van der Waals surface area contributed by atoms with Crippen LogP contribution in [0.15, 0.2) is 0 Å². The van der Waals surface area contributed by atoms with Gasteiger partial charge in [0.1, 0.15) is 0 Å². The molecule has 5 heteroatoms. The summed E-state index contributed by atoms with van der Waals surface area (Å²) in [6.45, 7) is 4.75. The molecule has 0 aromatic rings. The summed E-state index contributed by atoms with van der Waals surface area (Å²) in [5.74, 6) is -0.281. The Hall–Kier alpha value is -0.650. The van der Waals surface area contributed by atoms with Gasteiger partial charge in [0.2, 0.25) is 5.91 Å². The molecular weight excluding hydrogens is 196 g/mol. The molecule has 0 saturated heterocycles. The van der Waals surface area contributed by atoms with Crippen molar-refractivity contribution in [1.82, 2.24) is 5.32 Å². The molecule has 0 heterocycles. The Morgan fingerprint density at radius 1 is 1.40 bits per heavy atom. The molecule has 0 aliphatic heterocycles. The van der Waals surface area contributed by atoms with E-state index in [1.54, 1.807) is 7.11 Å². The molecule has 90 valence electrons. The highest BCUT2D eigenvalue weighted by Crippen LogP contribution is 1.88. The van der Waals surface area contributed by atoms with E-state index in [4.69, 9.17) is 15.2 Å². The molecule has 5 nitrogen and oxygen atoms in total. The van der Waals surface area contributed by atoms with Crippen molar-refractivity contribution in [3.63, 3.8) is 0 Å². The first-order valence-electron chi connectivity index (χ1n) is 5.25. The molecule has 0 aromatic carbocycles. The number of carbonyl (C=O) groups excluding carboxylic acids is 1. The van der Waals surface area contributed by atoms with Gasteiger partial charge in [0.15, 0.2) is 0 Å². The summed E-state index contributed by atoms with van der Waals surface area (Å²) >= 11 is 0. The molecule has 15 heavy (non-hydrogen) atoms. The molecule has 1 atom stereocenters. The zero-order chi connectivity index (χ0) is 11.5. The first-order valence-corrected chi connectivity index (χ1v) is 5.25. The first-order chi connectivity index (χ1) is 7.16. The normalized spacial score (nSPS) is 12.7. The molecule has 0 spiro atoms. The second kappa shape index (κ2) is 9.89. The smallest absolute Gasteiger partial charge is 0.218 e. The van der Waals surface area contributed by atoms with Gasteiger partial charge in [-0.1, -0.05) is 0 Å². The summed E-state index contributed by atoms with van der Waals surface area (Å²) in [6.07, 6.45) is 1.27. The van der Waals surface area contributed by atoms with Gasteiger partial charge in [-0.3, -0.25) is 4.79 Å². The summed E-state index contributed by atoms with van der Waals surface area (Å²) in [5.41, 5.74) is 5.05. The van der Waals surface area contributed by atoms with Crippen molar-refractivity contribution in [2.75, 3.05) is 33.5 Å². The minimum absolute atomic E-state index is 0.116. The molecule has 0 aromatic heterocycles. The second-order valence-electron chi connectivity index (χ2n) is 3.48. The number of hydrogen-bond acceptors (Lipinski definition) is 4. The number of nitrogens with two attached hydrogens (primary N) is 1. The molecule has 0 radical (unpaired) electrons. The Labute approximate surface area is 91.3 Å². The SMILES string of the molecule is COCCCOCCNC(C)CC(N)=O. The van der Waals surface area contributed by atoms with Gasteiger partial charge in [0.05, 0.1) is 6.61 Å². The summed E-state index contributed by atoms with van der Waals surface area (Å²) in [7, 11) is 1.67. The first kappa shape index (κ1) is 14.3. The largest absolute Gasteiger partial charge is 0.385 e. The minimum atomic E-state index is -0.281. The van der Waals surface area contributed by atoms with Crippen molar-refractivity contribution in [1.29, 1.82) is 0 Å². The van der Waals surface area contributed by atoms with Gasteiger partial charge in [-0.05, 0) is 13.3 Å². The summed E-state index contributed by atoms with van der Waals surface area (Å²) in [6, 6.07) is 0.116. The van der Waals surface area contributed by atoms with Crippen LogP contribution in [0.25, 0.3) is 0 Å². The zero-order valence-corrected chi connectivity index (χ0v) is 9.62. The molecule has 0 bridgehead atoms. The van der Waals surface area contributed by atoms with Crippen molar-refractivity contribution in [3.8, 4) is 0 Å². The average Bonchev–Trinajstić information content (AvgIpc) is 2.15. The lowest BCUT2D eigenvalue weighted by atomic mass is 10.2. The number of amides is 1. The zero-order valence-electron chi connectivity index (χ0n) is 9.62. The summed E-state index contributed by atoms with van der Waals surface area (Å²) < 4.78 is 10.2. The molecule has 3 N–H and O–H groups in total. The van der Waals surface area contributed by atoms with E-state index in [9.17, 15) is 4.79 Å². The molecular formula is C10H22N2O3. The monoisotopic (exact) mass is 218 g/mol. The third kappa shape index (κ3) is 11.3. The topological polar surface area (TPSA) is 73.6 Å². The van der Waals surface area contributed by atoms with Crippen LogP contribution in [0.2, 0.25) is 0 Å². The highest BCUT2D eigenvalue weighted by atomic mass is 16.5. The quantitative estimate of drug-likeness (QED) is 0.502. The fourth-order valence-corrected chi connectivity index (χ4v) is 1.16. The average molecular weight is 218 g/mol. The van der Waals surface area contributed by atoms with Crippen molar-refractivity contribution >= 4 is 5.91 Å². The summed E-state index contributed by atoms with van der Waals surface area (Å²) in [4.78, 5) is 10.6. The number of primary amides is 1. The van der Waals surface area contributed by atoms with E-state index < -0.39 is 0 Å². The van der Waals surface area contributed by atoms with Crippen LogP contribution in [0, 0.1) is 0 Å². The van der Waals surface area contributed by atoms with E-state index in [0.717, 1.165) is 19.6 Å². The molecule has 1 unspecified atom stereocenters. The third-order valence-corrected chi connectivity index (χ3v) is 1.88. The predicted molar refractivity (Wildman–Crippen MR) is 58.6 cm³/mol. The van der Waals surface area contributed by atoms with Crippen LogP contribution >= 0.6 is 0 Å². The van der Waals surface area contributed by atoms with Crippen LogP contribution in [0.1, 0.15) is 19.8 Å². The van der Waals surface area contributed by atoms with Crippen LogP contribution in [-0.2, 0) is 14.3 Å². The molecule has 0 saturated carbocycles. The fraction of sp³-hybridized carbons (Fsp3) is 0.900. The van der Waals surface area contributed by atoms with Crippen LogP contribution in [0.4, 0.5) is 0 Å². The number of nitrogens with one attached hydrogen (secondary N) is 1. The number of carbonyl (C=O) groups is 1.